The highest BCUT2D eigenvalue weighted by molar-refractivity contribution is 5.91. The Balaban J connectivity index is 2.94. The Bertz CT molecular complexity index is 241. The third kappa shape index (κ3) is 1.27. The molecule has 1 saturated heterocycles. The van der Waals surface area contributed by atoms with Crippen LogP contribution in [-0.4, -0.2) is 46.5 Å². The summed E-state index contributed by atoms with van der Waals surface area (Å²) in [7, 11) is 1.14. The van der Waals surface area contributed by atoms with Gasteiger partial charge in [-0.25, -0.2) is 9.86 Å². The number of esters is 1. The summed E-state index contributed by atoms with van der Waals surface area (Å²) in [5.41, 5.74) is -1.59. The normalized spacial score (nSPS) is 27.9. The second kappa shape index (κ2) is 3.31. The second-order valence-corrected chi connectivity index (χ2v) is 2.89. The second-order valence-electron chi connectivity index (χ2n) is 2.89. The van der Waals surface area contributed by atoms with Gasteiger partial charge in [-0.15, -0.1) is 0 Å². The zero-order chi connectivity index (χ0) is 10.1. The van der Waals surface area contributed by atoms with Gasteiger partial charge in [0.25, 0.3) is 0 Å². The van der Waals surface area contributed by atoms with Crippen LogP contribution < -0.4 is 0 Å². The lowest BCUT2D eigenvalue weighted by Crippen LogP contribution is -2.53. The molecule has 74 valence electrons. The lowest BCUT2D eigenvalue weighted by atomic mass is 9.99. The van der Waals surface area contributed by atoms with Crippen molar-refractivity contribution in [3.8, 4) is 0 Å². The number of hydroxylamine groups is 2. The maximum Gasteiger partial charge on any atom is 0.336 e. The summed E-state index contributed by atoms with van der Waals surface area (Å²) in [5.74, 6) is -1.39. The number of carbonyl (C=O) groups is 2. The molecule has 1 unspecified atom stereocenters. The van der Waals surface area contributed by atoms with E-state index >= 15 is 0 Å². The van der Waals surface area contributed by atoms with Crippen LogP contribution in [-0.2, 0) is 14.3 Å². The molecule has 1 atom stereocenters. The van der Waals surface area contributed by atoms with Crippen molar-refractivity contribution in [1.82, 2.24) is 5.06 Å². The van der Waals surface area contributed by atoms with Crippen LogP contribution in [0.1, 0.15) is 12.8 Å². The molecule has 1 rings (SSSR count). The number of carbonyl (C=O) groups excluding carboxylic acids is 2. The Labute approximate surface area is 74.7 Å². The number of aliphatic hydroxyl groups is 1. The average molecular weight is 189 g/mol. The van der Waals surface area contributed by atoms with Gasteiger partial charge in [-0.3, -0.25) is 10.0 Å². The number of aliphatic hydroxyl groups excluding tert-OH is 1. The fourth-order valence-electron chi connectivity index (χ4n) is 1.35. The van der Waals surface area contributed by atoms with E-state index in [4.69, 9.17) is 5.11 Å². The molecule has 0 aromatic rings. The van der Waals surface area contributed by atoms with E-state index in [0.29, 0.717) is 0 Å². The van der Waals surface area contributed by atoms with E-state index in [1.165, 1.54) is 0 Å². The van der Waals surface area contributed by atoms with Gasteiger partial charge in [0.05, 0.1) is 13.7 Å². The number of hydrogen-bond acceptors (Lipinski definition) is 5. The van der Waals surface area contributed by atoms with Crippen molar-refractivity contribution in [2.24, 2.45) is 0 Å². The molecule has 6 heteroatoms. The Morgan fingerprint density at radius 3 is 2.69 bits per heavy atom. The van der Waals surface area contributed by atoms with Gasteiger partial charge < -0.3 is 9.84 Å². The fourth-order valence-corrected chi connectivity index (χ4v) is 1.35. The topological polar surface area (TPSA) is 87.1 Å². The number of methoxy groups -OCH3 is 1. The van der Waals surface area contributed by atoms with Gasteiger partial charge in [-0.1, -0.05) is 0 Å². The van der Waals surface area contributed by atoms with Gasteiger partial charge in [0.2, 0.25) is 5.91 Å². The highest BCUT2D eigenvalue weighted by atomic mass is 16.6. The summed E-state index contributed by atoms with van der Waals surface area (Å²) in [4.78, 5) is 22.1. The van der Waals surface area contributed by atoms with Gasteiger partial charge in [0.15, 0.2) is 5.54 Å². The van der Waals surface area contributed by atoms with E-state index in [-0.39, 0.29) is 17.9 Å². The third-order valence-electron chi connectivity index (χ3n) is 2.22. The first-order valence-corrected chi connectivity index (χ1v) is 3.79. The molecule has 0 aliphatic carbocycles. The van der Waals surface area contributed by atoms with E-state index in [9.17, 15) is 14.8 Å². The van der Waals surface area contributed by atoms with E-state index in [1.54, 1.807) is 0 Å². The molecule has 1 aliphatic rings. The van der Waals surface area contributed by atoms with Crippen LogP contribution in [0.3, 0.4) is 0 Å². The van der Waals surface area contributed by atoms with Crippen LogP contribution in [0.15, 0.2) is 0 Å². The molecule has 0 radical (unpaired) electrons. The summed E-state index contributed by atoms with van der Waals surface area (Å²) >= 11 is 0. The molecule has 1 heterocycles. The molecule has 0 saturated carbocycles. The van der Waals surface area contributed by atoms with Gasteiger partial charge in [-0.2, -0.15) is 0 Å². The molecule has 0 bridgehead atoms. The average Bonchev–Trinajstić information content (AvgIpc) is 2.44. The quantitative estimate of drug-likeness (QED) is 0.425. The third-order valence-corrected chi connectivity index (χ3v) is 2.22. The monoisotopic (exact) mass is 189 g/mol. The van der Waals surface area contributed by atoms with Gasteiger partial charge in [0, 0.05) is 6.42 Å². The molecule has 13 heavy (non-hydrogen) atoms. The van der Waals surface area contributed by atoms with Crippen LogP contribution >= 0.6 is 0 Å². The lowest BCUT2D eigenvalue weighted by Gasteiger charge is -2.28. The molecule has 1 fully saturated rings. The fraction of sp³-hybridized carbons (Fsp3) is 0.714. The summed E-state index contributed by atoms with van der Waals surface area (Å²) in [6.45, 7) is -0.637. The Kier molecular flexibility index (Phi) is 2.53. The number of rotatable bonds is 2. The molecule has 2 N–H and O–H groups in total. The summed E-state index contributed by atoms with van der Waals surface area (Å²) < 4.78 is 4.39. The minimum atomic E-state index is -1.59. The molecule has 1 amide bonds. The summed E-state index contributed by atoms with van der Waals surface area (Å²) in [6.07, 6.45) is 0.109. The predicted molar refractivity (Wildman–Crippen MR) is 39.7 cm³/mol. The Morgan fingerprint density at radius 2 is 2.38 bits per heavy atom. The highest BCUT2D eigenvalue weighted by Crippen LogP contribution is 2.29. The molecule has 6 nitrogen and oxygen atoms in total. The van der Waals surface area contributed by atoms with Crippen molar-refractivity contribution in [1.29, 1.82) is 0 Å². The maximum absolute atomic E-state index is 11.2. The van der Waals surface area contributed by atoms with Crippen molar-refractivity contribution < 1.29 is 24.6 Å². The number of ether oxygens (including phenoxy) is 1. The lowest BCUT2D eigenvalue weighted by molar-refractivity contribution is -0.200. The SMILES string of the molecule is COC(=O)C1(CO)CCC(=O)N1O. The predicted octanol–water partition coefficient (Wildman–Crippen LogP) is -1.10. The first kappa shape index (κ1) is 9.94. The van der Waals surface area contributed by atoms with Crippen LogP contribution in [0.25, 0.3) is 0 Å². The number of amides is 1. The number of hydrogen-bond donors (Lipinski definition) is 2. The van der Waals surface area contributed by atoms with Crippen LogP contribution in [0, 0.1) is 0 Å². The van der Waals surface area contributed by atoms with E-state index in [2.05, 4.69) is 4.74 Å². The van der Waals surface area contributed by atoms with Crippen molar-refractivity contribution in [2.75, 3.05) is 13.7 Å². The summed E-state index contributed by atoms with van der Waals surface area (Å²) in [5, 5.41) is 18.4. The van der Waals surface area contributed by atoms with Gasteiger partial charge in [-0.05, 0) is 6.42 Å². The van der Waals surface area contributed by atoms with Crippen molar-refractivity contribution in [2.45, 2.75) is 18.4 Å². The van der Waals surface area contributed by atoms with Crippen molar-refractivity contribution in [3.63, 3.8) is 0 Å². The molecular weight excluding hydrogens is 178 g/mol. The minimum absolute atomic E-state index is 0.0339. The zero-order valence-electron chi connectivity index (χ0n) is 7.19. The smallest absolute Gasteiger partial charge is 0.336 e. The Hall–Kier alpha value is -1.14. The van der Waals surface area contributed by atoms with Crippen LogP contribution in [0.5, 0.6) is 0 Å². The molecular formula is C7H11NO5. The largest absolute Gasteiger partial charge is 0.467 e. The molecule has 0 aromatic heterocycles. The van der Waals surface area contributed by atoms with Crippen LogP contribution in [0.4, 0.5) is 0 Å². The van der Waals surface area contributed by atoms with E-state index in [1.807, 2.05) is 0 Å². The van der Waals surface area contributed by atoms with Crippen LogP contribution in [0.2, 0.25) is 0 Å². The zero-order valence-corrected chi connectivity index (χ0v) is 7.19. The van der Waals surface area contributed by atoms with Crippen molar-refractivity contribution >= 4 is 11.9 Å². The maximum atomic E-state index is 11.2. The minimum Gasteiger partial charge on any atom is -0.467 e. The Morgan fingerprint density at radius 1 is 1.77 bits per heavy atom. The highest BCUT2D eigenvalue weighted by Gasteiger charge is 2.52. The van der Waals surface area contributed by atoms with E-state index in [0.717, 1.165) is 7.11 Å². The number of nitrogens with zero attached hydrogens (tertiary/aromatic N) is 1. The van der Waals surface area contributed by atoms with Crippen molar-refractivity contribution in [3.05, 3.63) is 0 Å². The van der Waals surface area contributed by atoms with Gasteiger partial charge in [0.1, 0.15) is 0 Å². The molecule has 0 spiro atoms. The standard InChI is InChI=1S/C7H11NO5/c1-13-6(11)7(4-9)3-2-5(10)8(7)12/h9,12H,2-4H2,1H3. The van der Waals surface area contributed by atoms with E-state index < -0.39 is 24.0 Å². The van der Waals surface area contributed by atoms with Gasteiger partial charge >= 0.3 is 5.97 Å². The molecule has 1 aliphatic heterocycles. The first-order chi connectivity index (χ1) is 6.08. The first-order valence-electron chi connectivity index (χ1n) is 3.79. The molecule has 0 aromatic carbocycles. The summed E-state index contributed by atoms with van der Waals surface area (Å²) in [6, 6.07) is 0.